The predicted molar refractivity (Wildman–Crippen MR) is 65.7 cm³/mol. The second-order valence-electron chi connectivity index (χ2n) is 3.90. The lowest BCUT2D eigenvalue weighted by Crippen LogP contribution is -2.22. The van der Waals surface area contributed by atoms with E-state index in [1.165, 1.54) is 14.0 Å². The molecule has 1 rings (SSSR count). The van der Waals surface area contributed by atoms with Gasteiger partial charge in [0.25, 0.3) is 0 Å². The Kier molecular flexibility index (Phi) is 4.97. The van der Waals surface area contributed by atoms with Gasteiger partial charge in [-0.05, 0) is 6.07 Å². The summed E-state index contributed by atoms with van der Waals surface area (Å²) in [6.07, 6.45) is -1.20. The summed E-state index contributed by atoms with van der Waals surface area (Å²) in [5.41, 5.74) is 0.743. The molecule has 0 aromatic heterocycles. The molecule has 0 amide bonds. The summed E-state index contributed by atoms with van der Waals surface area (Å²) in [7, 11) is 3.09. The maximum Gasteiger partial charge on any atom is 0.304 e. The molecule has 0 fully saturated rings. The van der Waals surface area contributed by atoms with Crippen molar-refractivity contribution in [2.75, 3.05) is 14.2 Å². The van der Waals surface area contributed by atoms with E-state index in [1.807, 2.05) is 0 Å². The number of esters is 1. The zero-order valence-corrected chi connectivity index (χ0v) is 11.0. The van der Waals surface area contributed by atoms with Crippen molar-refractivity contribution in [3.8, 4) is 11.5 Å². The Bertz CT molecular complexity index is 416. The minimum absolute atomic E-state index is 0.394. The van der Waals surface area contributed by atoms with E-state index in [1.54, 1.807) is 32.2 Å². The highest BCUT2D eigenvalue weighted by molar-refractivity contribution is 5.66. The van der Waals surface area contributed by atoms with Crippen LogP contribution in [0, 0.1) is 0 Å². The summed E-state index contributed by atoms with van der Waals surface area (Å²) in [4.78, 5) is 10.8. The van der Waals surface area contributed by atoms with Gasteiger partial charge in [-0.15, -0.1) is 0 Å². The quantitative estimate of drug-likeness (QED) is 0.640. The second kappa shape index (κ2) is 6.26. The topological polar surface area (TPSA) is 65.0 Å². The van der Waals surface area contributed by atoms with Crippen LogP contribution in [0.2, 0.25) is 0 Å². The fourth-order valence-corrected chi connectivity index (χ4v) is 1.62. The van der Waals surface area contributed by atoms with E-state index in [0.717, 1.165) is 5.56 Å². The van der Waals surface area contributed by atoms with Gasteiger partial charge in [-0.25, -0.2) is 0 Å². The van der Waals surface area contributed by atoms with Gasteiger partial charge in [-0.1, -0.05) is 13.0 Å². The fourth-order valence-electron chi connectivity index (χ4n) is 1.62. The standard InChI is InChI=1S/C13H18O5/c1-8(13(15)18-9(2)14)11-6-5-10(16-3)7-12(11)17-4/h5-8,13,15H,1-4H3. The second-order valence-corrected chi connectivity index (χ2v) is 3.90. The van der Waals surface area contributed by atoms with Gasteiger partial charge in [0.15, 0.2) is 0 Å². The summed E-state index contributed by atoms with van der Waals surface area (Å²) >= 11 is 0. The molecule has 2 atom stereocenters. The molecule has 1 N–H and O–H groups in total. The number of carbonyl (C=O) groups is 1. The molecule has 0 aliphatic carbocycles. The van der Waals surface area contributed by atoms with Crippen molar-refractivity contribution in [1.29, 1.82) is 0 Å². The van der Waals surface area contributed by atoms with E-state index in [2.05, 4.69) is 0 Å². The number of ether oxygens (including phenoxy) is 3. The van der Waals surface area contributed by atoms with Gasteiger partial charge in [-0.3, -0.25) is 4.79 Å². The maximum absolute atomic E-state index is 10.8. The Labute approximate surface area is 106 Å². The highest BCUT2D eigenvalue weighted by atomic mass is 16.6. The van der Waals surface area contributed by atoms with Crippen LogP contribution < -0.4 is 9.47 Å². The van der Waals surface area contributed by atoms with Gasteiger partial charge in [0.2, 0.25) is 6.29 Å². The average molecular weight is 254 g/mol. The molecule has 0 aliphatic heterocycles. The highest BCUT2D eigenvalue weighted by Crippen LogP contribution is 2.32. The van der Waals surface area contributed by atoms with Crippen molar-refractivity contribution < 1.29 is 24.1 Å². The molecule has 2 unspecified atom stereocenters. The van der Waals surface area contributed by atoms with Gasteiger partial charge < -0.3 is 19.3 Å². The smallest absolute Gasteiger partial charge is 0.304 e. The summed E-state index contributed by atoms with van der Waals surface area (Å²) in [6, 6.07) is 5.25. The van der Waals surface area contributed by atoms with Crippen molar-refractivity contribution in [3.63, 3.8) is 0 Å². The molecule has 1 aromatic rings. The molecule has 0 radical (unpaired) electrons. The Morgan fingerprint density at radius 2 is 1.94 bits per heavy atom. The lowest BCUT2D eigenvalue weighted by Gasteiger charge is -2.21. The van der Waals surface area contributed by atoms with E-state index in [4.69, 9.17) is 14.2 Å². The third-order valence-corrected chi connectivity index (χ3v) is 2.65. The zero-order chi connectivity index (χ0) is 13.7. The number of hydrogen-bond acceptors (Lipinski definition) is 5. The van der Waals surface area contributed by atoms with E-state index in [-0.39, 0.29) is 0 Å². The van der Waals surface area contributed by atoms with Gasteiger partial charge in [0.05, 0.1) is 14.2 Å². The average Bonchev–Trinajstić information content (AvgIpc) is 2.36. The molecule has 0 saturated carbocycles. The molecule has 0 bridgehead atoms. The molecule has 0 saturated heterocycles. The zero-order valence-electron chi connectivity index (χ0n) is 11.0. The first-order valence-electron chi connectivity index (χ1n) is 5.56. The van der Waals surface area contributed by atoms with E-state index >= 15 is 0 Å². The number of rotatable bonds is 5. The van der Waals surface area contributed by atoms with Crippen LogP contribution in [-0.2, 0) is 9.53 Å². The van der Waals surface area contributed by atoms with Gasteiger partial charge >= 0.3 is 5.97 Å². The SMILES string of the molecule is COc1ccc(C(C)C(O)OC(C)=O)c(OC)c1. The van der Waals surface area contributed by atoms with Gasteiger partial charge in [-0.2, -0.15) is 0 Å². The predicted octanol–water partition coefficient (Wildman–Crippen LogP) is 1.69. The Morgan fingerprint density at radius 3 is 2.44 bits per heavy atom. The molecule has 0 spiro atoms. The number of aliphatic hydroxyl groups excluding tert-OH is 1. The molecule has 100 valence electrons. The summed E-state index contributed by atoms with van der Waals surface area (Å²) in [5.74, 6) is 0.314. The monoisotopic (exact) mass is 254 g/mol. The Morgan fingerprint density at radius 1 is 1.28 bits per heavy atom. The fraction of sp³-hybridized carbons (Fsp3) is 0.462. The van der Waals surface area contributed by atoms with Crippen LogP contribution in [-0.4, -0.2) is 31.6 Å². The molecule has 0 aliphatic rings. The Hall–Kier alpha value is -1.75. The first kappa shape index (κ1) is 14.3. The largest absolute Gasteiger partial charge is 0.497 e. The van der Waals surface area contributed by atoms with Crippen molar-refractivity contribution >= 4 is 5.97 Å². The van der Waals surface area contributed by atoms with Crippen molar-refractivity contribution in [2.24, 2.45) is 0 Å². The van der Waals surface area contributed by atoms with Crippen molar-refractivity contribution in [1.82, 2.24) is 0 Å². The molecule has 18 heavy (non-hydrogen) atoms. The van der Waals surface area contributed by atoms with Crippen LogP contribution in [0.1, 0.15) is 25.3 Å². The lowest BCUT2D eigenvalue weighted by atomic mass is 9.99. The molecule has 5 heteroatoms. The summed E-state index contributed by atoms with van der Waals surface area (Å²) in [6.45, 7) is 3.00. The Balaban J connectivity index is 2.97. The number of hydrogen-bond donors (Lipinski definition) is 1. The summed E-state index contributed by atoms with van der Waals surface area (Å²) in [5, 5.41) is 9.76. The van der Waals surface area contributed by atoms with Crippen LogP contribution in [0.25, 0.3) is 0 Å². The van der Waals surface area contributed by atoms with Crippen molar-refractivity contribution in [3.05, 3.63) is 23.8 Å². The van der Waals surface area contributed by atoms with E-state index in [0.29, 0.717) is 11.5 Å². The van der Waals surface area contributed by atoms with Crippen LogP contribution >= 0.6 is 0 Å². The van der Waals surface area contributed by atoms with E-state index in [9.17, 15) is 9.90 Å². The first-order valence-corrected chi connectivity index (χ1v) is 5.56. The lowest BCUT2D eigenvalue weighted by molar-refractivity contribution is -0.168. The number of methoxy groups -OCH3 is 2. The summed E-state index contributed by atoms with van der Waals surface area (Å²) < 4.78 is 15.1. The van der Waals surface area contributed by atoms with Crippen LogP contribution in [0.15, 0.2) is 18.2 Å². The van der Waals surface area contributed by atoms with Crippen molar-refractivity contribution in [2.45, 2.75) is 26.1 Å². The molecule has 0 heterocycles. The normalized spacial score (nSPS) is 13.6. The molecule has 5 nitrogen and oxygen atoms in total. The third-order valence-electron chi connectivity index (χ3n) is 2.65. The molecular formula is C13H18O5. The molecule has 1 aromatic carbocycles. The van der Waals surface area contributed by atoms with Gasteiger partial charge in [0.1, 0.15) is 11.5 Å². The molecular weight excluding hydrogens is 236 g/mol. The van der Waals surface area contributed by atoms with Crippen LogP contribution in [0.4, 0.5) is 0 Å². The number of aliphatic hydroxyl groups is 1. The minimum Gasteiger partial charge on any atom is -0.497 e. The number of benzene rings is 1. The van der Waals surface area contributed by atoms with E-state index < -0.39 is 18.2 Å². The minimum atomic E-state index is -1.20. The van der Waals surface area contributed by atoms with Crippen LogP contribution in [0.3, 0.4) is 0 Å². The van der Waals surface area contributed by atoms with Crippen LogP contribution in [0.5, 0.6) is 11.5 Å². The maximum atomic E-state index is 10.8. The highest BCUT2D eigenvalue weighted by Gasteiger charge is 2.22. The number of carbonyl (C=O) groups excluding carboxylic acids is 1. The van der Waals surface area contributed by atoms with Gasteiger partial charge in [0, 0.05) is 24.5 Å². The third kappa shape index (κ3) is 3.37. The first-order chi connectivity index (χ1) is 8.49.